The minimum Gasteiger partial charge on any atom is -0.0882 e. The van der Waals surface area contributed by atoms with Gasteiger partial charge in [-0.3, -0.25) is 0 Å². The lowest BCUT2D eigenvalue weighted by atomic mass is 10.1. The molecule has 0 aliphatic carbocycles. The minimum atomic E-state index is 1.08. The van der Waals surface area contributed by atoms with Crippen LogP contribution in [0.2, 0.25) is 0 Å². The van der Waals surface area contributed by atoms with Gasteiger partial charge >= 0.3 is 0 Å². The summed E-state index contributed by atoms with van der Waals surface area (Å²) in [5.74, 6) is 0. The molecule has 0 amide bonds. The maximum atomic E-state index is 2.35. The van der Waals surface area contributed by atoms with E-state index in [9.17, 15) is 0 Å². The van der Waals surface area contributed by atoms with E-state index in [0.717, 1.165) is 6.42 Å². The van der Waals surface area contributed by atoms with Gasteiger partial charge in [0.2, 0.25) is 0 Å². The van der Waals surface area contributed by atoms with Gasteiger partial charge in [-0.05, 0) is 24.8 Å². The van der Waals surface area contributed by atoms with Crippen molar-refractivity contribution in [3.8, 4) is 0 Å². The highest BCUT2D eigenvalue weighted by Crippen LogP contribution is 2.09. The maximum absolute atomic E-state index is 2.35. The van der Waals surface area contributed by atoms with E-state index >= 15 is 0 Å². The summed E-state index contributed by atoms with van der Waals surface area (Å²) < 4.78 is 0. The van der Waals surface area contributed by atoms with Crippen LogP contribution in [0.1, 0.15) is 63.9 Å². The predicted molar refractivity (Wildman–Crippen MR) is 81.9 cm³/mol. The number of hydrogen-bond donors (Lipinski definition) is 0. The molecule has 18 heavy (non-hydrogen) atoms. The predicted octanol–water partition coefficient (Wildman–Crippen LogP) is 5.93. The number of rotatable bonds is 10. The van der Waals surface area contributed by atoms with Crippen molar-refractivity contribution in [2.45, 2.75) is 64.7 Å². The van der Waals surface area contributed by atoms with Gasteiger partial charge in [0.05, 0.1) is 0 Å². The van der Waals surface area contributed by atoms with Gasteiger partial charge in [-0.1, -0.05) is 87.9 Å². The van der Waals surface area contributed by atoms with Crippen molar-refractivity contribution in [1.29, 1.82) is 0 Å². The van der Waals surface area contributed by atoms with Gasteiger partial charge in [0.25, 0.3) is 0 Å². The second kappa shape index (κ2) is 11.1. The molecule has 0 unspecified atom stereocenters. The first kappa shape index (κ1) is 15.0. The van der Waals surface area contributed by atoms with Crippen molar-refractivity contribution < 1.29 is 0 Å². The molecule has 0 atom stereocenters. The Morgan fingerprint density at radius 1 is 0.778 bits per heavy atom. The molecule has 0 aliphatic rings. The van der Waals surface area contributed by atoms with E-state index in [0.29, 0.717) is 0 Å². The van der Waals surface area contributed by atoms with E-state index in [-0.39, 0.29) is 0 Å². The van der Waals surface area contributed by atoms with E-state index in [1.165, 1.54) is 56.9 Å². The number of unbranched alkanes of at least 4 members (excludes halogenated alkanes) is 7. The van der Waals surface area contributed by atoms with Crippen molar-refractivity contribution in [2.75, 3.05) is 0 Å². The first-order valence-electron chi connectivity index (χ1n) is 7.62. The van der Waals surface area contributed by atoms with Gasteiger partial charge in [-0.25, -0.2) is 0 Å². The Morgan fingerprint density at radius 3 is 2.17 bits per heavy atom. The highest BCUT2D eigenvalue weighted by Gasteiger charge is 1.89. The number of hydrogen-bond acceptors (Lipinski definition) is 0. The summed E-state index contributed by atoms with van der Waals surface area (Å²) >= 11 is 0. The van der Waals surface area contributed by atoms with Gasteiger partial charge in [0, 0.05) is 0 Å². The summed E-state index contributed by atoms with van der Waals surface area (Å²) in [5, 5.41) is 0. The molecule has 0 saturated carbocycles. The van der Waals surface area contributed by atoms with Crippen LogP contribution in [0.3, 0.4) is 0 Å². The van der Waals surface area contributed by atoms with Crippen molar-refractivity contribution in [3.05, 3.63) is 48.0 Å². The fourth-order valence-corrected chi connectivity index (χ4v) is 2.17. The molecule has 1 rings (SSSR count). The zero-order valence-electron chi connectivity index (χ0n) is 11.9. The molecule has 0 N–H and O–H groups in total. The third-order valence-electron chi connectivity index (χ3n) is 3.34. The molecule has 1 aromatic rings. The quantitative estimate of drug-likeness (QED) is 0.353. The van der Waals surface area contributed by atoms with Crippen molar-refractivity contribution in [1.82, 2.24) is 0 Å². The third kappa shape index (κ3) is 8.11. The monoisotopic (exact) mass is 244 g/mol. The first-order valence-corrected chi connectivity index (χ1v) is 7.62. The fourth-order valence-electron chi connectivity index (χ4n) is 2.17. The fraction of sp³-hybridized carbons (Fsp3) is 0.556. The summed E-state index contributed by atoms with van der Waals surface area (Å²) in [6.07, 6.45) is 16.8. The molecule has 0 fully saturated rings. The van der Waals surface area contributed by atoms with Crippen molar-refractivity contribution in [3.63, 3.8) is 0 Å². The van der Waals surface area contributed by atoms with Gasteiger partial charge < -0.3 is 0 Å². The van der Waals surface area contributed by atoms with Gasteiger partial charge in [-0.2, -0.15) is 0 Å². The number of benzene rings is 1. The molecule has 0 heterocycles. The smallest absolute Gasteiger partial charge is 0.00975 e. The molecular weight excluding hydrogens is 216 g/mol. The molecule has 0 heteroatoms. The zero-order chi connectivity index (χ0) is 12.9. The Kier molecular flexibility index (Phi) is 9.24. The molecule has 0 radical (unpaired) electrons. The summed E-state index contributed by atoms with van der Waals surface area (Å²) in [5.41, 5.74) is 1.41. The standard InChI is InChI=1S/C18H28/c1-2-3-4-5-6-7-8-9-10-12-15-18-16-13-11-14-17-18/h10-14,16-17H,2-9,15H2,1H3. The SMILES string of the molecule is CCCCCCCCCC=CCc1ccccc1. The zero-order valence-corrected chi connectivity index (χ0v) is 11.9. The van der Waals surface area contributed by atoms with E-state index in [1.807, 2.05) is 0 Å². The van der Waals surface area contributed by atoms with Gasteiger partial charge in [0.1, 0.15) is 0 Å². The van der Waals surface area contributed by atoms with E-state index in [4.69, 9.17) is 0 Å². The Balaban J connectivity index is 1.91. The lowest BCUT2D eigenvalue weighted by molar-refractivity contribution is 0.592. The van der Waals surface area contributed by atoms with E-state index in [2.05, 4.69) is 49.4 Å². The molecule has 1 aromatic carbocycles. The molecule has 0 spiro atoms. The second-order valence-corrected chi connectivity index (χ2v) is 5.07. The molecule has 0 saturated heterocycles. The van der Waals surface area contributed by atoms with E-state index in [1.54, 1.807) is 0 Å². The topological polar surface area (TPSA) is 0 Å². The van der Waals surface area contributed by atoms with Crippen LogP contribution in [0.25, 0.3) is 0 Å². The number of allylic oxidation sites excluding steroid dienone is 2. The van der Waals surface area contributed by atoms with E-state index < -0.39 is 0 Å². The Bertz CT molecular complexity index is 297. The average Bonchev–Trinajstić information content (AvgIpc) is 2.42. The molecule has 0 aromatic heterocycles. The highest BCUT2D eigenvalue weighted by atomic mass is 14.0. The van der Waals surface area contributed by atoms with Crippen LogP contribution in [-0.4, -0.2) is 0 Å². The molecule has 0 bridgehead atoms. The van der Waals surface area contributed by atoms with Crippen LogP contribution < -0.4 is 0 Å². The Labute approximate surface area is 113 Å². The molecular formula is C18H28. The summed E-state index contributed by atoms with van der Waals surface area (Å²) in [6.45, 7) is 2.28. The summed E-state index contributed by atoms with van der Waals surface area (Å²) in [4.78, 5) is 0. The molecule has 0 aliphatic heterocycles. The summed E-state index contributed by atoms with van der Waals surface area (Å²) in [6, 6.07) is 10.7. The molecule has 0 nitrogen and oxygen atoms in total. The van der Waals surface area contributed by atoms with Crippen LogP contribution in [0.4, 0.5) is 0 Å². The third-order valence-corrected chi connectivity index (χ3v) is 3.34. The molecule has 100 valence electrons. The Morgan fingerprint density at radius 2 is 1.44 bits per heavy atom. The van der Waals surface area contributed by atoms with Crippen LogP contribution in [0.15, 0.2) is 42.5 Å². The van der Waals surface area contributed by atoms with Crippen LogP contribution in [-0.2, 0) is 6.42 Å². The van der Waals surface area contributed by atoms with Crippen LogP contribution in [0.5, 0.6) is 0 Å². The van der Waals surface area contributed by atoms with Crippen molar-refractivity contribution in [2.24, 2.45) is 0 Å². The largest absolute Gasteiger partial charge is 0.0882 e. The van der Waals surface area contributed by atoms with Crippen molar-refractivity contribution >= 4 is 0 Å². The average molecular weight is 244 g/mol. The lowest BCUT2D eigenvalue weighted by Gasteiger charge is -1.99. The first-order chi connectivity index (χ1) is 8.93. The maximum Gasteiger partial charge on any atom is -0.00975 e. The highest BCUT2D eigenvalue weighted by molar-refractivity contribution is 5.17. The second-order valence-electron chi connectivity index (χ2n) is 5.07. The van der Waals surface area contributed by atoms with Gasteiger partial charge in [-0.15, -0.1) is 0 Å². The summed E-state index contributed by atoms with van der Waals surface area (Å²) in [7, 11) is 0. The minimum absolute atomic E-state index is 1.08. The lowest BCUT2D eigenvalue weighted by Crippen LogP contribution is -1.80. The van der Waals surface area contributed by atoms with Crippen LogP contribution >= 0.6 is 0 Å². The van der Waals surface area contributed by atoms with Crippen LogP contribution in [0, 0.1) is 0 Å². The normalized spacial score (nSPS) is 11.2. The van der Waals surface area contributed by atoms with Gasteiger partial charge in [0.15, 0.2) is 0 Å². The Hall–Kier alpha value is -1.04.